The first-order valence-corrected chi connectivity index (χ1v) is 7.61. The van der Waals surface area contributed by atoms with Gasteiger partial charge in [0.15, 0.2) is 11.6 Å². The van der Waals surface area contributed by atoms with Crippen molar-refractivity contribution in [2.45, 2.75) is 38.1 Å². The molecule has 128 valence electrons. The first-order valence-electron chi connectivity index (χ1n) is 7.61. The Bertz CT molecular complexity index is 535. The van der Waals surface area contributed by atoms with E-state index in [1.54, 1.807) is 6.92 Å². The largest absolute Gasteiger partial charge is 0.387 e. The summed E-state index contributed by atoms with van der Waals surface area (Å²) in [7, 11) is 0. The summed E-state index contributed by atoms with van der Waals surface area (Å²) in [4.78, 5) is 11.9. The van der Waals surface area contributed by atoms with Crippen LogP contribution in [0.4, 0.5) is 8.78 Å². The van der Waals surface area contributed by atoms with Gasteiger partial charge in [0.1, 0.15) is 6.10 Å². The number of hydrogen-bond donors (Lipinski definition) is 2. The molecule has 0 aromatic heterocycles. The number of halogens is 2. The molecule has 23 heavy (non-hydrogen) atoms. The molecule has 2 rings (SSSR count). The summed E-state index contributed by atoms with van der Waals surface area (Å²) in [6.07, 6.45) is 0.131. The highest BCUT2D eigenvalue weighted by molar-refractivity contribution is 5.80. The van der Waals surface area contributed by atoms with Crippen LogP contribution in [0.15, 0.2) is 18.2 Å². The normalized spacial score (nSPS) is 20.3. The molecule has 0 spiro atoms. The van der Waals surface area contributed by atoms with Crippen LogP contribution >= 0.6 is 0 Å². The number of benzene rings is 1. The maximum atomic E-state index is 13.1. The molecule has 1 saturated heterocycles. The zero-order valence-electron chi connectivity index (χ0n) is 12.9. The number of carbonyl (C=O) groups excluding carboxylic acids is 1. The summed E-state index contributed by atoms with van der Waals surface area (Å²) < 4.78 is 36.8. The van der Waals surface area contributed by atoms with Gasteiger partial charge in [0, 0.05) is 13.2 Å². The van der Waals surface area contributed by atoms with E-state index in [0.29, 0.717) is 6.61 Å². The second kappa shape index (κ2) is 8.33. The molecule has 3 unspecified atom stereocenters. The van der Waals surface area contributed by atoms with Crippen LogP contribution in [0.1, 0.15) is 31.4 Å². The average molecular weight is 329 g/mol. The Morgan fingerprint density at radius 2 is 2.26 bits per heavy atom. The summed E-state index contributed by atoms with van der Waals surface area (Å²) >= 11 is 0. The van der Waals surface area contributed by atoms with Gasteiger partial charge in [0.25, 0.3) is 0 Å². The van der Waals surface area contributed by atoms with Crippen LogP contribution in [-0.4, -0.2) is 43.0 Å². The molecule has 7 heteroatoms. The van der Waals surface area contributed by atoms with E-state index in [9.17, 15) is 18.7 Å². The molecule has 0 saturated carbocycles. The smallest absolute Gasteiger partial charge is 0.248 e. The maximum Gasteiger partial charge on any atom is 0.248 e. The summed E-state index contributed by atoms with van der Waals surface area (Å²) in [5.41, 5.74) is 0.192. The molecule has 5 nitrogen and oxygen atoms in total. The van der Waals surface area contributed by atoms with Crippen molar-refractivity contribution in [2.24, 2.45) is 0 Å². The van der Waals surface area contributed by atoms with Crippen LogP contribution in [0.2, 0.25) is 0 Å². The van der Waals surface area contributed by atoms with Gasteiger partial charge in [-0.05, 0) is 37.5 Å². The van der Waals surface area contributed by atoms with E-state index < -0.39 is 23.8 Å². The van der Waals surface area contributed by atoms with E-state index in [2.05, 4.69) is 5.32 Å². The van der Waals surface area contributed by atoms with E-state index in [1.807, 2.05) is 0 Å². The van der Waals surface area contributed by atoms with Crippen LogP contribution in [0.5, 0.6) is 0 Å². The number of aliphatic hydroxyl groups is 1. The number of aliphatic hydroxyl groups excluding tert-OH is 1. The fraction of sp³-hybridized carbons (Fsp3) is 0.562. The van der Waals surface area contributed by atoms with Gasteiger partial charge in [0.05, 0.1) is 18.8 Å². The van der Waals surface area contributed by atoms with E-state index >= 15 is 0 Å². The third-order valence-electron chi connectivity index (χ3n) is 3.72. The topological polar surface area (TPSA) is 67.8 Å². The number of amides is 1. The van der Waals surface area contributed by atoms with Crippen molar-refractivity contribution in [2.75, 3.05) is 19.8 Å². The number of ether oxygens (including phenoxy) is 2. The standard InChI is InChI=1S/C16H21F2NO4/c1-10(23-9-12-3-2-6-22-12)16(21)19-8-15(20)11-4-5-13(17)14(18)7-11/h4-5,7,10,12,15,20H,2-3,6,8-9H2,1H3,(H,19,21). The zero-order valence-corrected chi connectivity index (χ0v) is 12.9. The van der Waals surface area contributed by atoms with Crippen molar-refractivity contribution >= 4 is 5.91 Å². The van der Waals surface area contributed by atoms with Crippen molar-refractivity contribution in [1.29, 1.82) is 0 Å². The van der Waals surface area contributed by atoms with E-state index in [1.165, 1.54) is 6.07 Å². The molecule has 1 amide bonds. The molecule has 2 N–H and O–H groups in total. The lowest BCUT2D eigenvalue weighted by Crippen LogP contribution is -2.38. The minimum absolute atomic E-state index is 0.0260. The minimum atomic E-state index is -1.13. The van der Waals surface area contributed by atoms with Crippen molar-refractivity contribution in [3.63, 3.8) is 0 Å². The van der Waals surface area contributed by atoms with Crippen molar-refractivity contribution in [3.05, 3.63) is 35.4 Å². The number of hydrogen-bond acceptors (Lipinski definition) is 4. The summed E-state index contributed by atoms with van der Waals surface area (Å²) in [6.45, 7) is 2.56. The molecule has 1 aromatic rings. The average Bonchev–Trinajstić information content (AvgIpc) is 3.05. The number of rotatable bonds is 7. The second-order valence-corrected chi connectivity index (χ2v) is 5.55. The van der Waals surface area contributed by atoms with Gasteiger partial charge in [-0.3, -0.25) is 4.79 Å². The van der Waals surface area contributed by atoms with Crippen LogP contribution in [0, 0.1) is 11.6 Å². The lowest BCUT2D eigenvalue weighted by Gasteiger charge is -2.18. The second-order valence-electron chi connectivity index (χ2n) is 5.55. The highest BCUT2D eigenvalue weighted by atomic mass is 19.2. The van der Waals surface area contributed by atoms with E-state index in [-0.39, 0.29) is 24.1 Å². The van der Waals surface area contributed by atoms with Gasteiger partial charge in [-0.1, -0.05) is 6.07 Å². The van der Waals surface area contributed by atoms with Crippen LogP contribution in [0.3, 0.4) is 0 Å². The maximum absolute atomic E-state index is 13.1. The van der Waals surface area contributed by atoms with Gasteiger partial charge >= 0.3 is 0 Å². The Morgan fingerprint density at radius 1 is 1.48 bits per heavy atom. The molecular formula is C16H21F2NO4. The molecule has 0 bridgehead atoms. The summed E-state index contributed by atoms with van der Waals surface area (Å²) in [6, 6.07) is 3.11. The molecule has 0 radical (unpaired) electrons. The van der Waals surface area contributed by atoms with Gasteiger partial charge < -0.3 is 19.9 Å². The Kier molecular flexibility index (Phi) is 6.44. The van der Waals surface area contributed by atoms with Crippen molar-refractivity contribution < 1.29 is 28.2 Å². The SMILES string of the molecule is CC(OCC1CCCO1)C(=O)NCC(O)c1ccc(F)c(F)c1. The Balaban J connectivity index is 1.74. The van der Waals surface area contributed by atoms with Gasteiger partial charge in [-0.25, -0.2) is 8.78 Å². The Morgan fingerprint density at radius 3 is 2.91 bits per heavy atom. The fourth-order valence-electron chi connectivity index (χ4n) is 2.28. The highest BCUT2D eigenvalue weighted by Crippen LogP contribution is 2.16. The van der Waals surface area contributed by atoms with Crippen LogP contribution in [0.25, 0.3) is 0 Å². The third kappa shape index (κ3) is 5.23. The monoisotopic (exact) mass is 329 g/mol. The molecule has 1 aliphatic rings. The summed E-state index contributed by atoms with van der Waals surface area (Å²) in [5.74, 6) is -2.41. The first kappa shape index (κ1) is 17.8. The molecule has 1 aromatic carbocycles. The minimum Gasteiger partial charge on any atom is -0.387 e. The third-order valence-corrected chi connectivity index (χ3v) is 3.72. The molecule has 1 fully saturated rings. The highest BCUT2D eigenvalue weighted by Gasteiger charge is 2.20. The Hall–Kier alpha value is -1.57. The van der Waals surface area contributed by atoms with Crippen LogP contribution in [-0.2, 0) is 14.3 Å². The van der Waals surface area contributed by atoms with Gasteiger partial charge in [0.2, 0.25) is 5.91 Å². The number of carbonyl (C=O) groups is 1. The molecule has 0 aliphatic carbocycles. The molecule has 3 atom stereocenters. The van der Waals surface area contributed by atoms with E-state index in [0.717, 1.165) is 31.6 Å². The van der Waals surface area contributed by atoms with Gasteiger partial charge in [-0.15, -0.1) is 0 Å². The zero-order chi connectivity index (χ0) is 16.8. The Labute approximate surface area is 133 Å². The predicted molar refractivity (Wildman–Crippen MR) is 78.7 cm³/mol. The molecule has 1 heterocycles. The van der Waals surface area contributed by atoms with Crippen molar-refractivity contribution in [3.8, 4) is 0 Å². The molecule has 1 aliphatic heterocycles. The summed E-state index contributed by atoms with van der Waals surface area (Å²) in [5, 5.41) is 12.4. The van der Waals surface area contributed by atoms with Crippen LogP contribution < -0.4 is 5.32 Å². The van der Waals surface area contributed by atoms with E-state index in [4.69, 9.17) is 9.47 Å². The molecular weight excluding hydrogens is 308 g/mol. The van der Waals surface area contributed by atoms with Gasteiger partial charge in [-0.2, -0.15) is 0 Å². The quantitative estimate of drug-likeness (QED) is 0.799. The lowest BCUT2D eigenvalue weighted by atomic mass is 10.1. The fourth-order valence-corrected chi connectivity index (χ4v) is 2.28. The number of nitrogens with one attached hydrogen (secondary N) is 1. The lowest BCUT2D eigenvalue weighted by molar-refractivity contribution is -0.134. The predicted octanol–water partition coefficient (Wildman–Crippen LogP) is 1.70. The first-order chi connectivity index (χ1) is 11.0. The van der Waals surface area contributed by atoms with Crippen molar-refractivity contribution in [1.82, 2.24) is 5.32 Å².